The highest BCUT2D eigenvalue weighted by molar-refractivity contribution is 6.00. The van der Waals surface area contributed by atoms with Gasteiger partial charge in [-0.2, -0.15) is 0 Å². The molecule has 0 fully saturated rings. The molecule has 0 saturated carbocycles. The molecule has 0 amide bonds. The lowest BCUT2D eigenvalue weighted by molar-refractivity contribution is 0.794. The van der Waals surface area contributed by atoms with Crippen LogP contribution >= 0.6 is 0 Å². The molecule has 0 saturated heterocycles. The maximum atomic E-state index is 5.35. The van der Waals surface area contributed by atoms with E-state index in [2.05, 4.69) is 206 Å². The Balaban J connectivity index is 1.05. The molecule has 0 aliphatic heterocycles. The van der Waals surface area contributed by atoms with Crippen LogP contribution in [-0.2, 0) is 5.41 Å². The van der Waals surface area contributed by atoms with Crippen molar-refractivity contribution in [2.75, 3.05) is 0 Å². The molecule has 12 rings (SSSR count). The fourth-order valence-electron chi connectivity index (χ4n) is 9.86. The molecule has 264 valence electrons. The van der Waals surface area contributed by atoms with Crippen molar-refractivity contribution in [3.8, 4) is 67.3 Å². The molecule has 0 unspecified atom stereocenters. The zero-order chi connectivity index (χ0) is 37.5. The molecule has 2 heteroatoms. The molecule has 0 radical (unpaired) electrons. The van der Waals surface area contributed by atoms with Gasteiger partial charge in [0.1, 0.15) is 0 Å². The van der Waals surface area contributed by atoms with E-state index >= 15 is 0 Å². The van der Waals surface area contributed by atoms with Gasteiger partial charge in [0.2, 0.25) is 0 Å². The topological polar surface area (TPSA) is 25.8 Å². The Morgan fingerprint density at radius 2 is 0.702 bits per heavy atom. The average Bonchev–Trinajstić information content (AvgIpc) is 3.76. The highest BCUT2D eigenvalue weighted by Crippen LogP contribution is 2.63. The Labute approximate surface area is 331 Å². The first kappa shape index (κ1) is 31.9. The van der Waals surface area contributed by atoms with Crippen molar-refractivity contribution < 1.29 is 0 Å². The van der Waals surface area contributed by atoms with Gasteiger partial charge in [-0.15, -0.1) is 0 Å². The van der Waals surface area contributed by atoms with Crippen molar-refractivity contribution in [3.63, 3.8) is 0 Å². The summed E-state index contributed by atoms with van der Waals surface area (Å²) in [5.74, 6) is 0.703. The Bertz CT molecular complexity index is 3090. The standard InChI is InChI=1S/C55H34N2/c1-3-20-40-35(14-1)16-12-25-46(40)52-34-53(47-26-13-17-36-15-2-4-21-41(36)47)57-54(56-52)39-19-11-18-37(32-39)38-30-31-45-44-24-7-10-29-50(44)55(51(45)33-38)48-27-8-5-22-42(48)43-23-6-9-28-49(43)55/h1-34H. The minimum absolute atomic E-state index is 0.393. The summed E-state index contributed by atoms with van der Waals surface area (Å²) in [4.78, 5) is 10.7. The molecule has 0 bridgehead atoms. The van der Waals surface area contributed by atoms with Crippen molar-refractivity contribution in [1.29, 1.82) is 0 Å². The highest BCUT2D eigenvalue weighted by Gasteiger charge is 2.51. The Kier molecular flexibility index (Phi) is 6.88. The molecule has 2 aliphatic rings. The molecule has 1 aromatic heterocycles. The quantitative estimate of drug-likeness (QED) is 0.181. The second kappa shape index (κ2) is 12.3. The van der Waals surface area contributed by atoms with Crippen LogP contribution in [0.1, 0.15) is 22.3 Å². The number of hydrogen-bond acceptors (Lipinski definition) is 2. The zero-order valence-electron chi connectivity index (χ0n) is 31.0. The van der Waals surface area contributed by atoms with E-state index < -0.39 is 5.41 Å². The monoisotopic (exact) mass is 722 g/mol. The van der Waals surface area contributed by atoms with Gasteiger partial charge in [-0.1, -0.05) is 188 Å². The van der Waals surface area contributed by atoms with Crippen LogP contribution in [0.5, 0.6) is 0 Å². The van der Waals surface area contributed by atoms with E-state index in [1.54, 1.807) is 0 Å². The summed E-state index contributed by atoms with van der Waals surface area (Å²) in [7, 11) is 0. The van der Waals surface area contributed by atoms with Crippen LogP contribution in [0.3, 0.4) is 0 Å². The van der Waals surface area contributed by atoms with Gasteiger partial charge in [-0.3, -0.25) is 0 Å². The predicted octanol–water partition coefficient (Wildman–Crippen LogP) is 13.8. The number of benzene rings is 9. The summed E-state index contributed by atoms with van der Waals surface area (Å²) < 4.78 is 0. The van der Waals surface area contributed by atoms with E-state index in [1.165, 1.54) is 71.6 Å². The zero-order valence-corrected chi connectivity index (χ0v) is 31.0. The molecular weight excluding hydrogens is 689 g/mol. The van der Waals surface area contributed by atoms with Gasteiger partial charge in [0.05, 0.1) is 16.8 Å². The Morgan fingerprint density at radius 3 is 1.28 bits per heavy atom. The molecule has 2 nitrogen and oxygen atoms in total. The molecule has 1 heterocycles. The van der Waals surface area contributed by atoms with Gasteiger partial charge in [0.15, 0.2) is 5.82 Å². The van der Waals surface area contributed by atoms with E-state index in [-0.39, 0.29) is 0 Å². The van der Waals surface area contributed by atoms with E-state index in [4.69, 9.17) is 9.97 Å². The van der Waals surface area contributed by atoms with Crippen molar-refractivity contribution in [1.82, 2.24) is 9.97 Å². The van der Waals surface area contributed by atoms with Gasteiger partial charge >= 0.3 is 0 Å². The smallest absolute Gasteiger partial charge is 0.160 e. The summed E-state index contributed by atoms with van der Waals surface area (Å²) in [5, 5.41) is 4.72. The number of rotatable bonds is 4. The lowest BCUT2D eigenvalue weighted by Crippen LogP contribution is -2.25. The van der Waals surface area contributed by atoms with Gasteiger partial charge in [0, 0.05) is 16.7 Å². The maximum absolute atomic E-state index is 5.35. The number of hydrogen-bond donors (Lipinski definition) is 0. The lowest BCUT2D eigenvalue weighted by atomic mass is 9.70. The summed E-state index contributed by atoms with van der Waals surface area (Å²) in [6.07, 6.45) is 0. The normalized spacial score (nSPS) is 13.1. The molecule has 0 atom stereocenters. The second-order valence-electron chi connectivity index (χ2n) is 15.2. The SMILES string of the molecule is c1cc(-c2ccc3c(c2)C2(c4ccccc4-c4ccccc42)c2ccccc2-3)cc(-c2nc(-c3cccc4ccccc34)cc(-c3cccc4ccccc34)n2)c1. The van der Waals surface area contributed by atoms with Crippen LogP contribution in [0.25, 0.3) is 88.8 Å². The summed E-state index contributed by atoms with van der Waals surface area (Å²) in [5.41, 5.74) is 17.5. The first-order valence-electron chi connectivity index (χ1n) is 19.7. The first-order valence-corrected chi connectivity index (χ1v) is 19.7. The first-order chi connectivity index (χ1) is 28.3. The third-order valence-corrected chi connectivity index (χ3v) is 12.3. The van der Waals surface area contributed by atoms with E-state index in [0.29, 0.717) is 5.82 Å². The highest BCUT2D eigenvalue weighted by atomic mass is 14.9. The molecule has 9 aromatic carbocycles. The largest absolute Gasteiger partial charge is 0.228 e. The minimum Gasteiger partial charge on any atom is -0.228 e. The van der Waals surface area contributed by atoms with Gasteiger partial charge in [-0.25, -0.2) is 9.97 Å². The van der Waals surface area contributed by atoms with Crippen LogP contribution < -0.4 is 0 Å². The van der Waals surface area contributed by atoms with Crippen molar-refractivity contribution in [3.05, 3.63) is 229 Å². The summed E-state index contributed by atoms with van der Waals surface area (Å²) >= 11 is 0. The fraction of sp³-hybridized carbons (Fsp3) is 0.0182. The number of aromatic nitrogens is 2. The minimum atomic E-state index is -0.393. The second-order valence-corrected chi connectivity index (χ2v) is 15.2. The van der Waals surface area contributed by atoms with Crippen LogP contribution in [-0.4, -0.2) is 9.97 Å². The third-order valence-electron chi connectivity index (χ3n) is 12.3. The van der Waals surface area contributed by atoms with Gasteiger partial charge < -0.3 is 0 Å². The lowest BCUT2D eigenvalue weighted by Gasteiger charge is -2.30. The van der Waals surface area contributed by atoms with E-state index in [0.717, 1.165) is 33.6 Å². The predicted molar refractivity (Wildman–Crippen MR) is 235 cm³/mol. The van der Waals surface area contributed by atoms with Gasteiger partial charge in [0.25, 0.3) is 0 Å². The van der Waals surface area contributed by atoms with Crippen LogP contribution in [0.2, 0.25) is 0 Å². The van der Waals surface area contributed by atoms with Crippen LogP contribution in [0.15, 0.2) is 206 Å². The third kappa shape index (κ3) is 4.65. The maximum Gasteiger partial charge on any atom is 0.160 e. The van der Waals surface area contributed by atoms with Crippen LogP contribution in [0.4, 0.5) is 0 Å². The van der Waals surface area contributed by atoms with Crippen molar-refractivity contribution in [2.45, 2.75) is 5.41 Å². The average molecular weight is 723 g/mol. The Morgan fingerprint density at radius 1 is 0.281 bits per heavy atom. The summed E-state index contributed by atoms with van der Waals surface area (Å²) in [6, 6.07) is 75.0. The van der Waals surface area contributed by atoms with Crippen molar-refractivity contribution >= 4 is 21.5 Å². The Hall–Kier alpha value is -7.42. The van der Waals surface area contributed by atoms with Gasteiger partial charge in [-0.05, 0) is 95.4 Å². The van der Waals surface area contributed by atoms with E-state index in [1.807, 2.05) is 0 Å². The van der Waals surface area contributed by atoms with E-state index in [9.17, 15) is 0 Å². The molecule has 10 aromatic rings. The molecule has 57 heavy (non-hydrogen) atoms. The van der Waals surface area contributed by atoms with Crippen molar-refractivity contribution in [2.24, 2.45) is 0 Å². The number of nitrogens with zero attached hydrogens (tertiary/aromatic N) is 2. The molecular formula is C55H34N2. The molecule has 0 N–H and O–H groups in total. The number of fused-ring (bicyclic) bond motifs is 12. The van der Waals surface area contributed by atoms with Crippen LogP contribution in [0, 0.1) is 0 Å². The summed E-state index contributed by atoms with van der Waals surface area (Å²) in [6.45, 7) is 0. The molecule has 2 aliphatic carbocycles. The fourth-order valence-corrected chi connectivity index (χ4v) is 9.86. The molecule has 1 spiro atoms.